The maximum absolute atomic E-state index is 12.2. The monoisotopic (exact) mass is 381 g/mol. The molecule has 2 atom stereocenters. The molecule has 0 spiro atoms. The number of piperidine rings is 2. The van der Waals surface area contributed by atoms with E-state index in [1.54, 1.807) is 0 Å². The van der Waals surface area contributed by atoms with Crippen LogP contribution in [0.15, 0.2) is 0 Å². The van der Waals surface area contributed by atoms with Crippen LogP contribution >= 0.6 is 24.8 Å². The second kappa shape index (κ2) is 12.3. The second-order valence-electron chi connectivity index (χ2n) is 7.67. The van der Waals surface area contributed by atoms with Crippen LogP contribution in [-0.4, -0.2) is 49.6 Å². The highest BCUT2D eigenvalue weighted by Crippen LogP contribution is 2.24. The van der Waals surface area contributed by atoms with Gasteiger partial charge in [0.1, 0.15) is 0 Å². The highest BCUT2D eigenvalue weighted by atomic mass is 35.5. The summed E-state index contributed by atoms with van der Waals surface area (Å²) in [7, 11) is 0. The molecule has 2 fully saturated rings. The lowest BCUT2D eigenvalue weighted by molar-refractivity contribution is -0.122. The van der Waals surface area contributed by atoms with E-state index in [9.17, 15) is 4.79 Å². The first-order valence-electron chi connectivity index (χ1n) is 9.27. The molecule has 2 saturated heterocycles. The number of nitrogens with zero attached hydrogens (tertiary/aromatic N) is 1. The van der Waals surface area contributed by atoms with Crippen molar-refractivity contribution in [2.24, 2.45) is 17.8 Å². The number of hydrogen-bond donors (Lipinski definition) is 2. The lowest BCUT2D eigenvalue weighted by atomic mass is 9.84. The number of halogens is 2. The molecule has 0 aromatic heterocycles. The molecule has 4 nitrogen and oxygen atoms in total. The SMILES string of the molecule is CC(CC(=O)NCC1CCCN(C(C)C)C1)C1CCNCC1.Cl.Cl. The average molecular weight is 382 g/mol. The summed E-state index contributed by atoms with van der Waals surface area (Å²) < 4.78 is 0. The summed E-state index contributed by atoms with van der Waals surface area (Å²) >= 11 is 0. The average Bonchev–Trinajstić information content (AvgIpc) is 2.54. The smallest absolute Gasteiger partial charge is 0.220 e. The summed E-state index contributed by atoms with van der Waals surface area (Å²) in [5.74, 6) is 2.13. The Balaban J connectivity index is 0.00000264. The van der Waals surface area contributed by atoms with Crippen LogP contribution in [0.4, 0.5) is 0 Å². The van der Waals surface area contributed by atoms with E-state index in [2.05, 4.69) is 36.3 Å². The highest BCUT2D eigenvalue weighted by molar-refractivity contribution is 5.85. The van der Waals surface area contributed by atoms with E-state index < -0.39 is 0 Å². The molecule has 144 valence electrons. The highest BCUT2D eigenvalue weighted by Gasteiger charge is 2.24. The number of carbonyl (C=O) groups excluding carboxylic acids is 1. The molecule has 2 N–H and O–H groups in total. The molecule has 0 bridgehead atoms. The predicted molar refractivity (Wildman–Crippen MR) is 106 cm³/mol. The van der Waals surface area contributed by atoms with Crippen LogP contribution in [0.5, 0.6) is 0 Å². The summed E-state index contributed by atoms with van der Waals surface area (Å²) in [4.78, 5) is 14.8. The van der Waals surface area contributed by atoms with Crippen molar-refractivity contribution in [2.75, 3.05) is 32.7 Å². The van der Waals surface area contributed by atoms with Gasteiger partial charge in [-0.1, -0.05) is 6.92 Å². The standard InChI is InChI=1S/C18H35N3O.2ClH/c1-14(2)21-10-4-5-16(13-21)12-20-18(22)11-15(3)17-6-8-19-9-7-17;;/h14-17,19H,4-13H2,1-3H3,(H,20,22);2*1H. The third-order valence-electron chi connectivity index (χ3n) is 5.56. The van der Waals surface area contributed by atoms with Crippen LogP contribution in [0.1, 0.15) is 52.9 Å². The van der Waals surface area contributed by atoms with Gasteiger partial charge >= 0.3 is 0 Å². The first-order valence-corrected chi connectivity index (χ1v) is 9.27. The van der Waals surface area contributed by atoms with Gasteiger partial charge in [-0.3, -0.25) is 4.79 Å². The molecule has 2 unspecified atom stereocenters. The van der Waals surface area contributed by atoms with Gasteiger partial charge in [0.2, 0.25) is 5.91 Å². The van der Waals surface area contributed by atoms with Crippen molar-refractivity contribution in [3.8, 4) is 0 Å². The molecule has 0 radical (unpaired) electrons. The minimum absolute atomic E-state index is 0. The summed E-state index contributed by atoms with van der Waals surface area (Å²) in [5.41, 5.74) is 0. The number of carbonyl (C=O) groups is 1. The van der Waals surface area contributed by atoms with Gasteiger partial charge in [0.25, 0.3) is 0 Å². The lowest BCUT2D eigenvalue weighted by Crippen LogP contribution is -2.44. The third kappa shape index (κ3) is 7.90. The molecule has 2 heterocycles. The minimum Gasteiger partial charge on any atom is -0.356 e. The molecule has 0 aromatic rings. The van der Waals surface area contributed by atoms with Crippen molar-refractivity contribution in [3.63, 3.8) is 0 Å². The molecular formula is C18H37Cl2N3O. The van der Waals surface area contributed by atoms with Crippen LogP contribution in [0.25, 0.3) is 0 Å². The summed E-state index contributed by atoms with van der Waals surface area (Å²) in [6.45, 7) is 12.2. The maximum atomic E-state index is 12.2. The molecule has 2 rings (SSSR count). The Morgan fingerprint density at radius 2 is 1.83 bits per heavy atom. The first kappa shape index (κ1) is 24.0. The van der Waals surface area contributed by atoms with Crippen molar-refractivity contribution in [2.45, 2.75) is 58.9 Å². The fourth-order valence-corrected chi connectivity index (χ4v) is 3.94. The normalized spacial score (nSPS) is 23.9. The van der Waals surface area contributed by atoms with E-state index in [-0.39, 0.29) is 30.7 Å². The number of hydrogen-bond acceptors (Lipinski definition) is 3. The zero-order chi connectivity index (χ0) is 15.9. The van der Waals surface area contributed by atoms with Gasteiger partial charge in [0, 0.05) is 25.6 Å². The number of nitrogens with one attached hydrogen (secondary N) is 2. The van der Waals surface area contributed by atoms with E-state index in [4.69, 9.17) is 0 Å². The zero-order valence-electron chi connectivity index (χ0n) is 15.6. The van der Waals surface area contributed by atoms with Gasteiger partial charge in [0.15, 0.2) is 0 Å². The van der Waals surface area contributed by atoms with Crippen molar-refractivity contribution < 1.29 is 4.79 Å². The Hall–Kier alpha value is -0.0300. The predicted octanol–water partition coefficient (Wildman–Crippen LogP) is 3.09. The van der Waals surface area contributed by atoms with E-state index in [1.807, 2.05) is 0 Å². The zero-order valence-corrected chi connectivity index (χ0v) is 17.2. The number of rotatable bonds is 6. The molecule has 24 heavy (non-hydrogen) atoms. The largest absolute Gasteiger partial charge is 0.356 e. The Labute approximate surface area is 160 Å². The van der Waals surface area contributed by atoms with Gasteiger partial charge in [-0.05, 0) is 76.9 Å². The molecule has 0 aromatic carbocycles. The van der Waals surface area contributed by atoms with Crippen LogP contribution in [0.3, 0.4) is 0 Å². The van der Waals surface area contributed by atoms with Crippen LogP contribution in [0, 0.1) is 17.8 Å². The Bertz CT molecular complexity index is 349. The molecule has 2 aliphatic heterocycles. The van der Waals surface area contributed by atoms with Crippen molar-refractivity contribution >= 4 is 30.7 Å². The first-order chi connectivity index (χ1) is 10.6. The van der Waals surface area contributed by atoms with Gasteiger partial charge < -0.3 is 15.5 Å². The summed E-state index contributed by atoms with van der Waals surface area (Å²) in [6.07, 6.45) is 5.67. The van der Waals surface area contributed by atoms with Crippen molar-refractivity contribution in [3.05, 3.63) is 0 Å². The maximum Gasteiger partial charge on any atom is 0.220 e. The molecule has 2 aliphatic rings. The quantitative estimate of drug-likeness (QED) is 0.742. The number of likely N-dealkylation sites (tertiary alicyclic amines) is 1. The molecule has 0 aliphatic carbocycles. The van der Waals surface area contributed by atoms with Gasteiger partial charge in [-0.15, -0.1) is 24.8 Å². The van der Waals surface area contributed by atoms with E-state index in [0.29, 0.717) is 24.3 Å². The van der Waals surface area contributed by atoms with Crippen molar-refractivity contribution in [1.82, 2.24) is 15.5 Å². The van der Waals surface area contributed by atoms with Crippen molar-refractivity contribution in [1.29, 1.82) is 0 Å². The molecular weight excluding hydrogens is 345 g/mol. The van der Waals surface area contributed by atoms with Gasteiger partial charge in [0.05, 0.1) is 0 Å². The fraction of sp³-hybridized carbons (Fsp3) is 0.944. The summed E-state index contributed by atoms with van der Waals surface area (Å²) in [5, 5.41) is 6.60. The topological polar surface area (TPSA) is 44.4 Å². The minimum atomic E-state index is 0. The lowest BCUT2D eigenvalue weighted by Gasteiger charge is -2.35. The van der Waals surface area contributed by atoms with Crippen LogP contribution in [-0.2, 0) is 4.79 Å². The van der Waals surface area contributed by atoms with Crippen LogP contribution < -0.4 is 10.6 Å². The second-order valence-corrected chi connectivity index (χ2v) is 7.67. The molecule has 6 heteroatoms. The van der Waals surface area contributed by atoms with Crippen LogP contribution in [0.2, 0.25) is 0 Å². The summed E-state index contributed by atoms with van der Waals surface area (Å²) in [6, 6.07) is 0.624. The van der Waals surface area contributed by atoms with Gasteiger partial charge in [-0.25, -0.2) is 0 Å². The van der Waals surface area contributed by atoms with E-state index in [1.165, 1.54) is 32.2 Å². The molecule has 1 amide bonds. The van der Waals surface area contributed by atoms with Gasteiger partial charge in [-0.2, -0.15) is 0 Å². The Morgan fingerprint density at radius 1 is 1.17 bits per heavy atom. The third-order valence-corrected chi connectivity index (χ3v) is 5.56. The number of amides is 1. The fourth-order valence-electron chi connectivity index (χ4n) is 3.94. The molecule has 0 saturated carbocycles. The Kier molecular flexibility index (Phi) is 12.3. The van der Waals surface area contributed by atoms with E-state index in [0.717, 1.165) is 32.1 Å². The Morgan fingerprint density at radius 3 is 2.46 bits per heavy atom. The van der Waals surface area contributed by atoms with E-state index >= 15 is 0 Å².